The standard InChI is InChI=1S/C15H27N3O/c1-6-7-13-17-14(16-9-11(2)3)8-15(18-13)19-10-12(4)5/h8,11-12H,6-7,9-10H2,1-5H3,(H,16,17,18). The highest BCUT2D eigenvalue weighted by molar-refractivity contribution is 5.38. The van der Waals surface area contributed by atoms with Gasteiger partial charge in [-0.15, -0.1) is 0 Å². The van der Waals surface area contributed by atoms with Gasteiger partial charge in [0.1, 0.15) is 11.6 Å². The van der Waals surface area contributed by atoms with Crippen LogP contribution >= 0.6 is 0 Å². The Balaban J connectivity index is 2.77. The molecule has 0 atom stereocenters. The molecule has 0 aromatic carbocycles. The van der Waals surface area contributed by atoms with Gasteiger partial charge in [-0.05, 0) is 18.3 Å². The van der Waals surface area contributed by atoms with Crippen LogP contribution in [0.4, 0.5) is 5.82 Å². The first kappa shape index (κ1) is 15.7. The number of ether oxygens (including phenoxy) is 1. The summed E-state index contributed by atoms with van der Waals surface area (Å²) in [6, 6.07) is 1.89. The van der Waals surface area contributed by atoms with Gasteiger partial charge in [0.2, 0.25) is 5.88 Å². The Labute approximate surface area is 117 Å². The van der Waals surface area contributed by atoms with E-state index in [-0.39, 0.29) is 0 Å². The Morgan fingerprint density at radius 2 is 1.89 bits per heavy atom. The van der Waals surface area contributed by atoms with Crippen LogP contribution < -0.4 is 10.1 Å². The molecule has 1 N–H and O–H groups in total. The summed E-state index contributed by atoms with van der Waals surface area (Å²) < 4.78 is 5.71. The van der Waals surface area contributed by atoms with Gasteiger partial charge in [-0.25, -0.2) is 4.98 Å². The molecule has 0 aliphatic heterocycles. The van der Waals surface area contributed by atoms with Crippen LogP contribution in [-0.2, 0) is 6.42 Å². The molecule has 1 aromatic rings. The molecular weight excluding hydrogens is 238 g/mol. The zero-order chi connectivity index (χ0) is 14.3. The average Bonchev–Trinajstić information content (AvgIpc) is 2.34. The van der Waals surface area contributed by atoms with Crippen LogP contribution in [0, 0.1) is 11.8 Å². The monoisotopic (exact) mass is 265 g/mol. The van der Waals surface area contributed by atoms with Crippen molar-refractivity contribution >= 4 is 5.82 Å². The normalized spacial score (nSPS) is 11.1. The van der Waals surface area contributed by atoms with Gasteiger partial charge < -0.3 is 10.1 Å². The molecule has 0 bridgehead atoms. The molecule has 0 amide bonds. The zero-order valence-corrected chi connectivity index (χ0v) is 12.9. The van der Waals surface area contributed by atoms with Crippen LogP contribution in [0.1, 0.15) is 46.9 Å². The van der Waals surface area contributed by atoms with Crippen molar-refractivity contribution in [3.8, 4) is 5.88 Å². The van der Waals surface area contributed by atoms with Gasteiger partial charge in [0.25, 0.3) is 0 Å². The second kappa shape index (κ2) is 7.97. The first-order valence-electron chi connectivity index (χ1n) is 7.25. The van der Waals surface area contributed by atoms with E-state index < -0.39 is 0 Å². The van der Waals surface area contributed by atoms with Gasteiger partial charge in [-0.3, -0.25) is 0 Å². The second-order valence-corrected chi connectivity index (χ2v) is 5.74. The number of nitrogens with zero attached hydrogens (tertiary/aromatic N) is 2. The molecular formula is C15H27N3O. The lowest BCUT2D eigenvalue weighted by molar-refractivity contribution is 0.260. The van der Waals surface area contributed by atoms with E-state index in [0.29, 0.717) is 24.3 Å². The third-order valence-electron chi connectivity index (χ3n) is 2.48. The smallest absolute Gasteiger partial charge is 0.218 e. The zero-order valence-electron chi connectivity index (χ0n) is 12.9. The van der Waals surface area contributed by atoms with Crippen molar-refractivity contribution in [2.24, 2.45) is 11.8 Å². The van der Waals surface area contributed by atoms with E-state index in [1.165, 1.54) is 0 Å². The van der Waals surface area contributed by atoms with Crippen molar-refractivity contribution in [2.75, 3.05) is 18.5 Å². The quantitative estimate of drug-likeness (QED) is 0.781. The molecule has 0 saturated heterocycles. The van der Waals surface area contributed by atoms with E-state index in [1.54, 1.807) is 0 Å². The summed E-state index contributed by atoms with van der Waals surface area (Å²) in [5.41, 5.74) is 0. The molecule has 108 valence electrons. The minimum Gasteiger partial charge on any atom is -0.477 e. The Morgan fingerprint density at radius 3 is 2.47 bits per heavy atom. The summed E-state index contributed by atoms with van der Waals surface area (Å²) in [6.07, 6.45) is 1.92. The lowest BCUT2D eigenvalue weighted by Gasteiger charge is -2.12. The molecule has 0 radical (unpaired) electrons. The fraction of sp³-hybridized carbons (Fsp3) is 0.733. The van der Waals surface area contributed by atoms with Crippen molar-refractivity contribution in [3.05, 3.63) is 11.9 Å². The Bertz CT molecular complexity index is 347. The van der Waals surface area contributed by atoms with E-state index in [2.05, 4.69) is 49.9 Å². The molecule has 1 rings (SSSR count). The van der Waals surface area contributed by atoms with E-state index in [1.807, 2.05) is 6.07 Å². The SMILES string of the molecule is CCCc1nc(NCC(C)C)cc(OCC(C)C)n1. The van der Waals surface area contributed by atoms with Crippen LogP contribution in [-0.4, -0.2) is 23.1 Å². The maximum Gasteiger partial charge on any atom is 0.218 e. The molecule has 0 aliphatic rings. The van der Waals surface area contributed by atoms with Gasteiger partial charge in [0.05, 0.1) is 6.61 Å². The number of hydrogen-bond acceptors (Lipinski definition) is 4. The molecule has 19 heavy (non-hydrogen) atoms. The minimum absolute atomic E-state index is 0.497. The van der Waals surface area contributed by atoms with Crippen LogP contribution in [0.2, 0.25) is 0 Å². The summed E-state index contributed by atoms with van der Waals surface area (Å²) in [7, 11) is 0. The third kappa shape index (κ3) is 6.41. The number of anilines is 1. The highest BCUT2D eigenvalue weighted by Gasteiger charge is 2.06. The second-order valence-electron chi connectivity index (χ2n) is 5.74. The van der Waals surface area contributed by atoms with Crippen LogP contribution in [0.25, 0.3) is 0 Å². The maximum absolute atomic E-state index is 5.71. The largest absolute Gasteiger partial charge is 0.477 e. The first-order chi connectivity index (χ1) is 9.01. The summed E-state index contributed by atoms with van der Waals surface area (Å²) in [6.45, 7) is 12.3. The van der Waals surface area contributed by atoms with Crippen molar-refractivity contribution in [3.63, 3.8) is 0 Å². The van der Waals surface area contributed by atoms with Gasteiger partial charge in [0.15, 0.2) is 0 Å². The van der Waals surface area contributed by atoms with Gasteiger partial charge in [-0.2, -0.15) is 4.98 Å². The van der Waals surface area contributed by atoms with E-state index in [0.717, 1.165) is 31.0 Å². The predicted octanol–water partition coefficient (Wildman–Crippen LogP) is 3.53. The van der Waals surface area contributed by atoms with Crippen LogP contribution in [0.15, 0.2) is 6.07 Å². The summed E-state index contributed by atoms with van der Waals surface area (Å²) >= 11 is 0. The third-order valence-corrected chi connectivity index (χ3v) is 2.48. The lowest BCUT2D eigenvalue weighted by atomic mass is 10.2. The molecule has 0 aliphatic carbocycles. The number of rotatable bonds is 8. The minimum atomic E-state index is 0.497. The number of hydrogen-bond donors (Lipinski definition) is 1. The average molecular weight is 265 g/mol. The molecule has 0 unspecified atom stereocenters. The van der Waals surface area contributed by atoms with Crippen LogP contribution in [0.5, 0.6) is 5.88 Å². The Kier molecular flexibility index (Phi) is 6.60. The summed E-state index contributed by atoms with van der Waals surface area (Å²) in [5.74, 6) is 3.49. The fourth-order valence-electron chi connectivity index (χ4n) is 1.53. The molecule has 4 heteroatoms. The highest BCUT2D eigenvalue weighted by atomic mass is 16.5. The van der Waals surface area contributed by atoms with Gasteiger partial charge in [0, 0.05) is 19.0 Å². The van der Waals surface area contributed by atoms with E-state index >= 15 is 0 Å². The van der Waals surface area contributed by atoms with Crippen molar-refractivity contribution in [1.82, 2.24) is 9.97 Å². The number of nitrogens with one attached hydrogen (secondary N) is 1. The molecule has 4 nitrogen and oxygen atoms in total. The molecule has 0 spiro atoms. The Hall–Kier alpha value is -1.32. The Morgan fingerprint density at radius 1 is 1.16 bits per heavy atom. The number of aromatic nitrogens is 2. The van der Waals surface area contributed by atoms with E-state index in [4.69, 9.17) is 4.74 Å². The lowest BCUT2D eigenvalue weighted by Crippen LogP contribution is -2.12. The van der Waals surface area contributed by atoms with Gasteiger partial charge >= 0.3 is 0 Å². The topological polar surface area (TPSA) is 47.0 Å². The van der Waals surface area contributed by atoms with Crippen molar-refractivity contribution < 1.29 is 4.74 Å². The predicted molar refractivity (Wildman–Crippen MR) is 79.7 cm³/mol. The maximum atomic E-state index is 5.71. The van der Waals surface area contributed by atoms with Crippen LogP contribution in [0.3, 0.4) is 0 Å². The molecule has 1 aromatic heterocycles. The van der Waals surface area contributed by atoms with Crippen molar-refractivity contribution in [2.45, 2.75) is 47.5 Å². The fourth-order valence-corrected chi connectivity index (χ4v) is 1.53. The van der Waals surface area contributed by atoms with Gasteiger partial charge in [-0.1, -0.05) is 34.6 Å². The molecule has 0 fully saturated rings. The first-order valence-corrected chi connectivity index (χ1v) is 7.25. The summed E-state index contributed by atoms with van der Waals surface area (Å²) in [4.78, 5) is 8.97. The van der Waals surface area contributed by atoms with Crippen molar-refractivity contribution in [1.29, 1.82) is 0 Å². The number of aryl methyl sites for hydroxylation is 1. The highest BCUT2D eigenvalue weighted by Crippen LogP contribution is 2.15. The molecule has 1 heterocycles. The molecule has 0 saturated carbocycles. The summed E-state index contributed by atoms with van der Waals surface area (Å²) in [5, 5.41) is 3.34. The van der Waals surface area contributed by atoms with E-state index in [9.17, 15) is 0 Å².